The standard InChI is InChI=1S/C18H18Cl3NO2S/c1-12-9-13(5-6-15(12)19)24-10-18(23)22-7-8-25-11-14-16(20)3-2-4-17(14)21/h2-6,9H,7-8,10-11H2,1H3,(H,22,23). The Morgan fingerprint density at radius 2 is 1.84 bits per heavy atom. The molecule has 0 saturated carbocycles. The second-order valence-corrected chi connectivity index (χ2v) is 7.63. The van der Waals surface area contributed by atoms with Crippen molar-refractivity contribution < 1.29 is 9.53 Å². The van der Waals surface area contributed by atoms with Crippen LogP contribution in [0, 0.1) is 6.92 Å². The lowest BCUT2D eigenvalue weighted by atomic mass is 10.2. The molecular weight excluding hydrogens is 401 g/mol. The maximum absolute atomic E-state index is 11.8. The maximum Gasteiger partial charge on any atom is 0.257 e. The Bertz CT molecular complexity index is 720. The molecule has 0 aliphatic carbocycles. The molecule has 7 heteroatoms. The molecule has 25 heavy (non-hydrogen) atoms. The lowest BCUT2D eigenvalue weighted by molar-refractivity contribution is -0.122. The molecule has 134 valence electrons. The molecule has 3 nitrogen and oxygen atoms in total. The van der Waals surface area contributed by atoms with Gasteiger partial charge in [-0.1, -0.05) is 40.9 Å². The van der Waals surface area contributed by atoms with Crippen molar-refractivity contribution in [3.63, 3.8) is 0 Å². The monoisotopic (exact) mass is 417 g/mol. The zero-order valence-corrected chi connectivity index (χ0v) is 16.7. The summed E-state index contributed by atoms with van der Waals surface area (Å²) in [7, 11) is 0. The Morgan fingerprint density at radius 3 is 2.52 bits per heavy atom. The van der Waals surface area contributed by atoms with E-state index in [1.165, 1.54) is 0 Å². The fourth-order valence-corrected chi connectivity index (χ4v) is 3.73. The van der Waals surface area contributed by atoms with Crippen molar-refractivity contribution in [2.24, 2.45) is 0 Å². The Balaban J connectivity index is 1.64. The highest BCUT2D eigenvalue weighted by Gasteiger charge is 2.06. The van der Waals surface area contributed by atoms with Crippen molar-refractivity contribution in [3.8, 4) is 5.75 Å². The molecule has 0 aliphatic heterocycles. The first kappa shape index (κ1) is 20.2. The average molecular weight is 419 g/mol. The molecule has 1 amide bonds. The smallest absolute Gasteiger partial charge is 0.257 e. The molecule has 0 atom stereocenters. The third-order valence-electron chi connectivity index (χ3n) is 3.38. The highest BCUT2D eigenvalue weighted by Crippen LogP contribution is 2.28. The second-order valence-electron chi connectivity index (χ2n) is 5.30. The molecule has 0 saturated heterocycles. The van der Waals surface area contributed by atoms with Crippen LogP contribution in [0.25, 0.3) is 0 Å². The molecule has 0 aromatic heterocycles. The van der Waals surface area contributed by atoms with Crippen LogP contribution in [0.1, 0.15) is 11.1 Å². The Hall–Kier alpha value is -1.07. The molecule has 2 aromatic carbocycles. The zero-order valence-electron chi connectivity index (χ0n) is 13.7. The van der Waals surface area contributed by atoms with E-state index in [-0.39, 0.29) is 12.5 Å². The molecule has 0 bridgehead atoms. The predicted molar refractivity (Wildman–Crippen MR) is 107 cm³/mol. The van der Waals surface area contributed by atoms with Gasteiger partial charge in [0.2, 0.25) is 0 Å². The highest BCUT2D eigenvalue weighted by molar-refractivity contribution is 7.98. The summed E-state index contributed by atoms with van der Waals surface area (Å²) in [5, 5.41) is 4.82. The van der Waals surface area contributed by atoms with Gasteiger partial charge < -0.3 is 10.1 Å². The van der Waals surface area contributed by atoms with Gasteiger partial charge in [0.05, 0.1) is 0 Å². The van der Waals surface area contributed by atoms with Crippen LogP contribution in [0.4, 0.5) is 0 Å². The Kier molecular flexibility index (Phi) is 8.24. The summed E-state index contributed by atoms with van der Waals surface area (Å²) in [6.07, 6.45) is 0. The molecule has 0 unspecified atom stereocenters. The van der Waals surface area contributed by atoms with E-state index < -0.39 is 0 Å². The highest BCUT2D eigenvalue weighted by atomic mass is 35.5. The van der Waals surface area contributed by atoms with Crippen molar-refractivity contribution in [3.05, 3.63) is 62.6 Å². The van der Waals surface area contributed by atoms with Gasteiger partial charge in [-0.15, -0.1) is 0 Å². The number of hydrogen-bond acceptors (Lipinski definition) is 3. The van der Waals surface area contributed by atoms with Gasteiger partial charge in [0, 0.05) is 33.1 Å². The number of ether oxygens (including phenoxy) is 1. The van der Waals surface area contributed by atoms with Crippen LogP contribution < -0.4 is 10.1 Å². The minimum atomic E-state index is -0.163. The van der Waals surface area contributed by atoms with Crippen molar-refractivity contribution in [2.45, 2.75) is 12.7 Å². The van der Waals surface area contributed by atoms with Crippen molar-refractivity contribution in [2.75, 3.05) is 18.9 Å². The largest absolute Gasteiger partial charge is 0.484 e. The Labute approximate surface area is 167 Å². The molecule has 0 spiro atoms. The summed E-state index contributed by atoms with van der Waals surface area (Å²) in [5.41, 5.74) is 1.83. The maximum atomic E-state index is 11.8. The van der Waals surface area contributed by atoms with Gasteiger partial charge in [-0.2, -0.15) is 11.8 Å². The zero-order chi connectivity index (χ0) is 18.2. The van der Waals surface area contributed by atoms with E-state index in [0.29, 0.717) is 33.1 Å². The van der Waals surface area contributed by atoms with Crippen molar-refractivity contribution >= 4 is 52.5 Å². The van der Waals surface area contributed by atoms with Gasteiger partial charge in [-0.3, -0.25) is 4.79 Å². The Morgan fingerprint density at radius 1 is 1.12 bits per heavy atom. The number of amides is 1. The van der Waals surface area contributed by atoms with Gasteiger partial charge in [-0.25, -0.2) is 0 Å². The van der Waals surface area contributed by atoms with E-state index in [0.717, 1.165) is 16.9 Å². The molecule has 0 radical (unpaired) electrons. The normalized spacial score (nSPS) is 10.6. The molecule has 0 aliphatic rings. The van der Waals surface area contributed by atoms with E-state index in [9.17, 15) is 4.79 Å². The van der Waals surface area contributed by atoms with Gasteiger partial charge >= 0.3 is 0 Å². The topological polar surface area (TPSA) is 38.3 Å². The van der Waals surface area contributed by atoms with Crippen LogP contribution in [0.3, 0.4) is 0 Å². The minimum Gasteiger partial charge on any atom is -0.484 e. The molecular formula is C18H18Cl3NO2S. The number of benzene rings is 2. The summed E-state index contributed by atoms with van der Waals surface area (Å²) in [6, 6.07) is 10.8. The van der Waals surface area contributed by atoms with Crippen LogP contribution in [0.5, 0.6) is 5.75 Å². The molecule has 0 fully saturated rings. The predicted octanol–water partition coefficient (Wildman–Crippen LogP) is 5.38. The number of carbonyl (C=O) groups is 1. The van der Waals surface area contributed by atoms with Crippen LogP contribution in [-0.2, 0) is 10.5 Å². The summed E-state index contributed by atoms with van der Waals surface area (Å²) < 4.78 is 5.45. The first-order valence-corrected chi connectivity index (χ1v) is 9.92. The van der Waals surface area contributed by atoms with E-state index in [1.807, 2.05) is 25.1 Å². The van der Waals surface area contributed by atoms with E-state index in [2.05, 4.69) is 5.32 Å². The first-order valence-electron chi connectivity index (χ1n) is 7.63. The number of carbonyl (C=O) groups excluding carboxylic acids is 1. The van der Waals surface area contributed by atoms with Crippen LogP contribution in [0.2, 0.25) is 15.1 Å². The van der Waals surface area contributed by atoms with Gasteiger partial charge in [-0.05, 0) is 48.4 Å². The fraction of sp³-hybridized carbons (Fsp3) is 0.278. The fourth-order valence-electron chi connectivity index (χ4n) is 2.01. The van der Waals surface area contributed by atoms with Crippen LogP contribution >= 0.6 is 46.6 Å². The summed E-state index contributed by atoms with van der Waals surface area (Å²) in [4.78, 5) is 11.8. The van der Waals surface area contributed by atoms with Gasteiger partial charge in [0.15, 0.2) is 6.61 Å². The molecule has 0 heterocycles. The number of aryl methyl sites for hydroxylation is 1. The number of thioether (sulfide) groups is 1. The number of nitrogens with one attached hydrogen (secondary N) is 1. The van der Waals surface area contributed by atoms with Gasteiger partial charge in [0.1, 0.15) is 5.75 Å². The summed E-state index contributed by atoms with van der Waals surface area (Å²) in [6.45, 7) is 2.41. The third kappa shape index (κ3) is 6.63. The average Bonchev–Trinajstić information content (AvgIpc) is 2.58. The summed E-state index contributed by atoms with van der Waals surface area (Å²) in [5.74, 6) is 1.92. The second kappa shape index (κ2) is 10.2. The van der Waals surface area contributed by atoms with Crippen LogP contribution in [0.15, 0.2) is 36.4 Å². The van der Waals surface area contributed by atoms with Crippen molar-refractivity contribution in [1.29, 1.82) is 0 Å². The van der Waals surface area contributed by atoms with Crippen molar-refractivity contribution in [1.82, 2.24) is 5.32 Å². The van der Waals surface area contributed by atoms with Gasteiger partial charge in [0.25, 0.3) is 5.91 Å². The van der Waals surface area contributed by atoms with E-state index in [1.54, 1.807) is 30.0 Å². The van der Waals surface area contributed by atoms with E-state index in [4.69, 9.17) is 39.5 Å². The lowest BCUT2D eigenvalue weighted by Crippen LogP contribution is -2.30. The first-order chi connectivity index (χ1) is 12.0. The molecule has 2 rings (SSSR count). The third-order valence-corrected chi connectivity index (χ3v) is 5.49. The molecule has 1 N–H and O–H groups in total. The number of rotatable bonds is 8. The number of halogens is 3. The van der Waals surface area contributed by atoms with Crippen LogP contribution in [-0.4, -0.2) is 24.8 Å². The quantitative estimate of drug-likeness (QED) is 0.585. The van der Waals surface area contributed by atoms with E-state index >= 15 is 0 Å². The minimum absolute atomic E-state index is 0.0257. The SMILES string of the molecule is Cc1cc(OCC(=O)NCCSCc2c(Cl)cccc2Cl)ccc1Cl. The molecule has 2 aromatic rings. The number of hydrogen-bond donors (Lipinski definition) is 1. The summed E-state index contributed by atoms with van der Waals surface area (Å²) >= 11 is 19.8. The lowest BCUT2D eigenvalue weighted by Gasteiger charge is -2.09.